The van der Waals surface area contributed by atoms with Gasteiger partial charge in [-0.3, -0.25) is 10.1 Å². The molecule has 3 aromatic rings. The molecule has 0 fully saturated rings. The average Bonchev–Trinajstić information content (AvgIpc) is 2.72. The lowest BCUT2D eigenvalue weighted by Crippen LogP contribution is -2.43. The van der Waals surface area contributed by atoms with Gasteiger partial charge in [-0.05, 0) is 30.5 Å². The first-order chi connectivity index (χ1) is 13.1. The molecule has 0 aromatic heterocycles. The van der Waals surface area contributed by atoms with Crippen LogP contribution in [0.2, 0.25) is 0 Å². The maximum absolute atomic E-state index is 12.6. The van der Waals surface area contributed by atoms with Crippen LogP contribution >= 0.6 is 0 Å². The number of carbonyl (C=O) groups excluding carboxylic acids is 1. The molecule has 3 rings (SSSR count). The highest BCUT2D eigenvalue weighted by Gasteiger charge is 2.20. The maximum atomic E-state index is 12.6. The molecule has 27 heavy (non-hydrogen) atoms. The highest BCUT2D eigenvalue weighted by Crippen LogP contribution is 2.22. The summed E-state index contributed by atoms with van der Waals surface area (Å²) in [4.78, 5) is 12.6. The first-order valence-electron chi connectivity index (χ1n) is 9.32. The number of carbonyl (C=O) groups is 1. The van der Waals surface area contributed by atoms with E-state index in [4.69, 9.17) is 0 Å². The monoisotopic (exact) mass is 358 g/mol. The van der Waals surface area contributed by atoms with Crippen molar-refractivity contribution in [2.45, 2.75) is 32.5 Å². The van der Waals surface area contributed by atoms with Crippen molar-refractivity contribution in [1.29, 1.82) is 0 Å². The maximum Gasteiger partial charge on any atom is 0.237 e. The third-order valence-corrected chi connectivity index (χ3v) is 4.66. The second kappa shape index (κ2) is 9.15. The first-order valence-corrected chi connectivity index (χ1v) is 9.32. The van der Waals surface area contributed by atoms with Gasteiger partial charge in [-0.25, -0.2) is 0 Å². The molecule has 0 aliphatic heterocycles. The average molecular weight is 358 g/mol. The fourth-order valence-electron chi connectivity index (χ4n) is 3.05. The molecule has 3 aromatic carbocycles. The van der Waals surface area contributed by atoms with Gasteiger partial charge in [0.25, 0.3) is 0 Å². The molecule has 0 bridgehead atoms. The SMILES string of the molecule is Cc1ccc(CNC(=O)[C@H](C)NC(c2ccccc2)c2ccccc2)cc1. The van der Waals surface area contributed by atoms with Gasteiger partial charge in [0, 0.05) is 6.54 Å². The Labute approximate surface area is 161 Å². The van der Waals surface area contributed by atoms with Crippen molar-refractivity contribution in [3.8, 4) is 0 Å². The van der Waals surface area contributed by atoms with Gasteiger partial charge in [0.2, 0.25) is 5.91 Å². The summed E-state index contributed by atoms with van der Waals surface area (Å²) < 4.78 is 0. The van der Waals surface area contributed by atoms with Crippen LogP contribution in [-0.4, -0.2) is 11.9 Å². The highest BCUT2D eigenvalue weighted by molar-refractivity contribution is 5.81. The zero-order valence-electron chi connectivity index (χ0n) is 15.9. The van der Waals surface area contributed by atoms with Crippen molar-refractivity contribution in [3.63, 3.8) is 0 Å². The van der Waals surface area contributed by atoms with Crippen molar-refractivity contribution < 1.29 is 4.79 Å². The van der Waals surface area contributed by atoms with Crippen molar-refractivity contribution in [1.82, 2.24) is 10.6 Å². The largest absolute Gasteiger partial charge is 0.351 e. The molecule has 3 heteroatoms. The van der Waals surface area contributed by atoms with Crippen molar-refractivity contribution in [2.24, 2.45) is 0 Å². The van der Waals surface area contributed by atoms with E-state index in [0.29, 0.717) is 6.54 Å². The smallest absolute Gasteiger partial charge is 0.237 e. The van der Waals surface area contributed by atoms with E-state index in [0.717, 1.165) is 16.7 Å². The molecular weight excluding hydrogens is 332 g/mol. The van der Waals surface area contributed by atoms with Gasteiger partial charge < -0.3 is 5.32 Å². The minimum Gasteiger partial charge on any atom is -0.351 e. The third kappa shape index (κ3) is 5.28. The van der Waals surface area contributed by atoms with E-state index in [2.05, 4.69) is 54.0 Å². The highest BCUT2D eigenvalue weighted by atomic mass is 16.2. The molecule has 0 saturated heterocycles. The summed E-state index contributed by atoms with van der Waals surface area (Å²) in [5.74, 6) is -0.00700. The quantitative estimate of drug-likeness (QED) is 0.658. The van der Waals surface area contributed by atoms with E-state index < -0.39 is 0 Å². The van der Waals surface area contributed by atoms with Gasteiger partial charge in [-0.1, -0.05) is 90.5 Å². The number of nitrogens with one attached hydrogen (secondary N) is 2. The summed E-state index contributed by atoms with van der Waals surface area (Å²) >= 11 is 0. The molecule has 0 aliphatic rings. The number of benzene rings is 3. The van der Waals surface area contributed by atoms with Crippen LogP contribution in [0.4, 0.5) is 0 Å². The molecule has 3 nitrogen and oxygen atoms in total. The molecule has 0 saturated carbocycles. The fourth-order valence-corrected chi connectivity index (χ4v) is 3.05. The third-order valence-electron chi connectivity index (χ3n) is 4.66. The van der Waals surface area contributed by atoms with E-state index in [9.17, 15) is 4.79 Å². The molecule has 138 valence electrons. The number of rotatable bonds is 7. The van der Waals surface area contributed by atoms with E-state index >= 15 is 0 Å². The molecular formula is C24H26N2O. The Balaban J connectivity index is 1.67. The van der Waals surface area contributed by atoms with Crippen LogP contribution in [0, 0.1) is 6.92 Å². The Bertz CT molecular complexity index is 805. The number of amides is 1. The summed E-state index contributed by atoms with van der Waals surface area (Å²) in [5, 5.41) is 6.51. The minimum absolute atomic E-state index is 0.00700. The molecule has 1 atom stereocenters. The summed E-state index contributed by atoms with van der Waals surface area (Å²) in [6, 6.07) is 28.3. The van der Waals surface area contributed by atoms with Crippen LogP contribution in [0.3, 0.4) is 0 Å². The summed E-state index contributed by atoms with van der Waals surface area (Å²) in [5.41, 5.74) is 4.60. The zero-order chi connectivity index (χ0) is 19.1. The first kappa shape index (κ1) is 18.9. The Morgan fingerprint density at radius 3 is 1.85 bits per heavy atom. The second-order valence-corrected chi connectivity index (χ2v) is 6.85. The van der Waals surface area contributed by atoms with Gasteiger partial charge in [0.15, 0.2) is 0 Å². The van der Waals surface area contributed by atoms with Gasteiger partial charge in [0.1, 0.15) is 0 Å². The standard InChI is InChI=1S/C24H26N2O/c1-18-13-15-20(16-14-18)17-25-24(27)19(2)26-23(21-9-5-3-6-10-21)22-11-7-4-8-12-22/h3-16,19,23,26H,17H2,1-2H3,(H,25,27)/t19-/m0/s1. The van der Waals surface area contributed by atoms with Crippen LogP contribution in [0.25, 0.3) is 0 Å². The minimum atomic E-state index is -0.319. The van der Waals surface area contributed by atoms with Crippen LogP contribution in [0.15, 0.2) is 84.9 Å². The van der Waals surface area contributed by atoms with Gasteiger partial charge in [-0.15, -0.1) is 0 Å². The van der Waals surface area contributed by atoms with Crippen molar-refractivity contribution >= 4 is 5.91 Å². The van der Waals surface area contributed by atoms with Crippen LogP contribution in [0.1, 0.15) is 35.2 Å². The predicted molar refractivity (Wildman–Crippen MR) is 110 cm³/mol. The molecule has 0 heterocycles. The second-order valence-electron chi connectivity index (χ2n) is 6.85. The fraction of sp³-hybridized carbons (Fsp3) is 0.208. The summed E-state index contributed by atoms with van der Waals surface area (Å²) in [7, 11) is 0. The van der Waals surface area contributed by atoms with Crippen molar-refractivity contribution in [2.75, 3.05) is 0 Å². The van der Waals surface area contributed by atoms with E-state index in [1.165, 1.54) is 5.56 Å². The van der Waals surface area contributed by atoms with E-state index in [-0.39, 0.29) is 18.0 Å². The Morgan fingerprint density at radius 1 is 0.815 bits per heavy atom. The van der Waals surface area contributed by atoms with Crippen LogP contribution < -0.4 is 10.6 Å². The lowest BCUT2D eigenvalue weighted by atomic mass is 9.98. The molecule has 0 spiro atoms. The molecule has 0 aliphatic carbocycles. The summed E-state index contributed by atoms with van der Waals surface area (Å²) in [6.45, 7) is 4.50. The lowest BCUT2D eigenvalue weighted by Gasteiger charge is -2.24. The van der Waals surface area contributed by atoms with Gasteiger partial charge in [0.05, 0.1) is 12.1 Å². The van der Waals surface area contributed by atoms with Crippen molar-refractivity contribution in [3.05, 3.63) is 107 Å². The van der Waals surface area contributed by atoms with Crippen LogP contribution in [0.5, 0.6) is 0 Å². The Hall–Kier alpha value is -2.91. The van der Waals surface area contributed by atoms with Crippen LogP contribution in [-0.2, 0) is 11.3 Å². The Morgan fingerprint density at radius 2 is 1.33 bits per heavy atom. The molecule has 0 unspecified atom stereocenters. The Kier molecular flexibility index (Phi) is 6.39. The molecule has 0 radical (unpaired) electrons. The lowest BCUT2D eigenvalue weighted by molar-refractivity contribution is -0.123. The van der Waals surface area contributed by atoms with Gasteiger partial charge in [-0.2, -0.15) is 0 Å². The normalized spacial score (nSPS) is 12.0. The van der Waals surface area contributed by atoms with E-state index in [1.807, 2.05) is 55.5 Å². The number of hydrogen-bond donors (Lipinski definition) is 2. The molecule has 2 N–H and O–H groups in total. The zero-order valence-corrected chi connectivity index (χ0v) is 15.9. The summed E-state index contributed by atoms with van der Waals surface area (Å²) in [6.07, 6.45) is 0. The predicted octanol–water partition coefficient (Wildman–Crippen LogP) is 4.38. The number of aryl methyl sites for hydroxylation is 1. The molecule has 1 amide bonds. The topological polar surface area (TPSA) is 41.1 Å². The van der Waals surface area contributed by atoms with Gasteiger partial charge >= 0.3 is 0 Å². The van der Waals surface area contributed by atoms with E-state index in [1.54, 1.807) is 0 Å². The number of hydrogen-bond acceptors (Lipinski definition) is 2.